The second kappa shape index (κ2) is 8.88. The van der Waals surface area contributed by atoms with Crippen LogP contribution < -0.4 is 11.1 Å². The monoisotopic (exact) mass is 351 g/mol. The van der Waals surface area contributed by atoms with E-state index in [0.717, 1.165) is 44.4 Å². The van der Waals surface area contributed by atoms with E-state index in [0.29, 0.717) is 12.3 Å². The summed E-state index contributed by atoms with van der Waals surface area (Å²) in [5.41, 5.74) is 5.59. The van der Waals surface area contributed by atoms with Crippen LogP contribution >= 0.6 is 0 Å². The van der Waals surface area contributed by atoms with E-state index in [1.807, 2.05) is 7.05 Å². The number of likely N-dealkylation sites (N-methyl/N-ethyl adjacent to an activating group) is 1. The molecule has 1 heterocycles. The zero-order valence-corrected chi connectivity index (χ0v) is 16.6. The Morgan fingerprint density at radius 2 is 2.12 bits per heavy atom. The van der Waals surface area contributed by atoms with Crippen LogP contribution in [0.4, 0.5) is 0 Å². The molecule has 0 aromatic rings. The van der Waals surface area contributed by atoms with Gasteiger partial charge in [-0.05, 0) is 51.6 Å². The smallest absolute Gasteiger partial charge is 0.217 e. The van der Waals surface area contributed by atoms with E-state index in [-0.39, 0.29) is 11.4 Å². The molecule has 0 aromatic heterocycles. The van der Waals surface area contributed by atoms with Gasteiger partial charge in [0.2, 0.25) is 5.91 Å². The number of nitrogens with zero attached hydrogens (tertiary/aromatic N) is 3. The van der Waals surface area contributed by atoms with Crippen LogP contribution in [0.5, 0.6) is 0 Å². The Bertz CT molecular complexity index is 478. The van der Waals surface area contributed by atoms with Gasteiger partial charge in [-0.2, -0.15) is 0 Å². The highest BCUT2D eigenvalue weighted by Crippen LogP contribution is 2.35. The van der Waals surface area contributed by atoms with Crippen LogP contribution in [0.1, 0.15) is 51.9 Å². The van der Waals surface area contributed by atoms with Crippen LogP contribution in [0, 0.1) is 11.8 Å². The van der Waals surface area contributed by atoms with Gasteiger partial charge in [0.05, 0.1) is 0 Å². The molecule has 0 radical (unpaired) electrons. The van der Waals surface area contributed by atoms with Gasteiger partial charge < -0.3 is 20.9 Å². The molecule has 1 aliphatic heterocycles. The van der Waals surface area contributed by atoms with Crippen LogP contribution in [-0.4, -0.2) is 68.0 Å². The minimum absolute atomic E-state index is 0.197. The number of guanidine groups is 1. The molecule has 2 fully saturated rings. The second-order valence-corrected chi connectivity index (χ2v) is 8.35. The topological polar surface area (TPSA) is 74.0 Å². The fourth-order valence-electron chi connectivity index (χ4n) is 4.64. The third-order valence-electron chi connectivity index (χ3n) is 6.11. The van der Waals surface area contributed by atoms with Crippen LogP contribution in [0.15, 0.2) is 4.99 Å². The van der Waals surface area contributed by atoms with E-state index >= 15 is 0 Å². The van der Waals surface area contributed by atoms with Gasteiger partial charge >= 0.3 is 0 Å². The highest BCUT2D eigenvalue weighted by Gasteiger charge is 2.37. The molecule has 3 atom stereocenters. The fraction of sp³-hybridized carbons (Fsp3) is 0.895. The number of carbonyl (C=O) groups is 1. The maximum absolute atomic E-state index is 11.2. The number of likely N-dealkylation sites (tertiary alicyclic amines) is 1. The Hall–Kier alpha value is -1.30. The van der Waals surface area contributed by atoms with Gasteiger partial charge in [0.25, 0.3) is 0 Å². The molecule has 1 saturated carbocycles. The molecule has 1 saturated heterocycles. The number of hydrogen-bond acceptors (Lipinski definition) is 3. The minimum atomic E-state index is -0.197. The largest absolute Gasteiger partial charge is 0.370 e. The number of amides is 1. The number of nitrogens with one attached hydrogen (secondary N) is 1. The lowest BCUT2D eigenvalue weighted by atomic mass is 9.75. The summed E-state index contributed by atoms with van der Waals surface area (Å²) in [6, 6.07) is 0. The van der Waals surface area contributed by atoms with Crippen molar-refractivity contribution in [3.63, 3.8) is 0 Å². The number of piperidine rings is 1. The Morgan fingerprint density at radius 1 is 1.36 bits per heavy atom. The highest BCUT2D eigenvalue weighted by atomic mass is 16.1. The van der Waals surface area contributed by atoms with Crippen molar-refractivity contribution in [1.29, 1.82) is 0 Å². The van der Waals surface area contributed by atoms with Crippen LogP contribution in [0.2, 0.25) is 0 Å². The standard InChI is InChI=1S/C19H37N5O/c1-15-7-5-9-19(12-15,23(3)4)14-22-18(21-2)24-10-6-8-16(13-24)11-17(20)25/h15-16H,5-14H2,1-4H3,(H2,20,25)(H,21,22). The first-order valence-electron chi connectivity index (χ1n) is 9.77. The number of aliphatic imine (C=N–C) groups is 1. The van der Waals surface area contributed by atoms with Crippen molar-refractivity contribution in [1.82, 2.24) is 15.1 Å². The summed E-state index contributed by atoms with van der Waals surface area (Å²) < 4.78 is 0. The quantitative estimate of drug-likeness (QED) is 0.583. The van der Waals surface area contributed by atoms with Crippen LogP contribution in [-0.2, 0) is 4.79 Å². The van der Waals surface area contributed by atoms with Gasteiger partial charge in [-0.15, -0.1) is 0 Å². The first-order valence-corrected chi connectivity index (χ1v) is 9.77. The van der Waals surface area contributed by atoms with Crippen molar-refractivity contribution in [2.45, 2.75) is 57.4 Å². The first kappa shape index (κ1) is 20.0. The lowest BCUT2D eigenvalue weighted by molar-refractivity contribution is -0.119. The lowest BCUT2D eigenvalue weighted by Crippen LogP contribution is -2.57. The minimum Gasteiger partial charge on any atom is -0.370 e. The fourth-order valence-corrected chi connectivity index (χ4v) is 4.64. The number of hydrogen-bond donors (Lipinski definition) is 2. The van der Waals surface area contributed by atoms with E-state index < -0.39 is 0 Å². The molecule has 3 unspecified atom stereocenters. The maximum atomic E-state index is 11.2. The van der Waals surface area contributed by atoms with E-state index in [2.05, 4.69) is 41.1 Å². The Kier molecular flexibility index (Phi) is 7.11. The molecule has 2 aliphatic rings. The second-order valence-electron chi connectivity index (χ2n) is 8.35. The molecule has 2 rings (SSSR count). The van der Waals surface area contributed by atoms with Gasteiger partial charge in [0.1, 0.15) is 0 Å². The summed E-state index contributed by atoms with van der Waals surface area (Å²) in [6.07, 6.45) is 7.75. The SMILES string of the molecule is CN=C(NCC1(N(C)C)CCCC(C)C1)N1CCCC(CC(N)=O)C1. The predicted molar refractivity (Wildman–Crippen MR) is 104 cm³/mol. The summed E-state index contributed by atoms with van der Waals surface area (Å²) >= 11 is 0. The molecule has 0 spiro atoms. The van der Waals surface area contributed by atoms with Crippen molar-refractivity contribution in [2.75, 3.05) is 40.8 Å². The molecule has 0 aromatic carbocycles. The first-order chi connectivity index (χ1) is 11.9. The lowest BCUT2D eigenvalue weighted by Gasteiger charge is -2.46. The van der Waals surface area contributed by atoms with Gasteiger partial charge in [-0.25, -0.2) is 0 Å². The molecule has 3 N–H and O–H groups in total. The third kappa shape index (κ3) is 5.33. The zero-order chi connectivity index (χ0) is 18.4. The van der Waals surface area contributed by atoms with Gasteiger partial charge in [-0.1, -0.05) is 19.8 Å². The number of nitrogens with two attached hydrogens (primary N) is 1. The molecule has 1 aliphatic carbocycles. The average Bonchev–Trinajstić information content (AvgIpc) is 2.55. The van der Waals surface area contributed by atoms with Crippen LogP contribution in [0.3, 0.4) is 0 Å². The Balaban J connectivity index is 1.97. The molecule has 6 heteroatoms. The van der Waals surface area contributed by atoms with E-state index in [1.165, 1.54) is 25.7 Å². The predicted octanol–water partition coefficient (Wildman–Crippen LogP) is 1.66. The van der Waals surface area contributed by atoms with E-state index in [4.69, 9.17) is 5.73 Å². The van der Waals surface area contributed by atoms with Crippen molar-refractivity contribution in [2.24, 2.45) is 22.6 Å². The van der Waals surface area contributed by atoms with Crippen molar-refractivity contribution >= 4 is 11.9 Å². The van der Waals surface area contributed by atoms with Crippen molar-refractivity contribution in [3.8, 4) is 0 Å². The Morgan fingerprint density at radius 3 is 2.72 bits per heavy atom. The van der Waals surface area contributed by atoms with Crippen molar-refractivity contribution < 1.29 is 4.79 Å². The van der Waals surface area contributed by atoms with E-state index in [1.54, 1.807) is 0 Å². The van der Waals surface area contributed by atoms with Crippen molar-refractivity contribution in [3.05, 3.63) is 0 Å². The molecule has 0 bridgehead atoms. The maximum Gasteiger partial charge on any atom is 0.217 e. The summed E-state index contributed by atoms with van der Waals surface area (Å²) in [5.74, 6) is 1.89. The number of rotatable bonds is 5. The van der Waals surface area contributed by atoms with E-state index in [9.17, 15) is 4.79 Å². The Labute approximate surface area is 153 Å². The average molecular weight is 352 g/mol. The van der Waals surface area contributed by atoms with Gasteiger partial charge in [0.15, 0.2) is 5.96 Å². The molecule has 6 nitrogen and oxygen atoms in total. The molecule has 144 valence electrons. The summed E-state index contributed by atoms with van der Waals surface area (Å²) in [7, 11) is 6.25. The van der Waals surface area contributed by atoms with Gasteiger partial charge in [0, 0.05) is 38.6 Å². The molecule has 25 heavy (non-hydrogen) atoms. The zero-order valence-electron chi connectivity index (χ0n) is 16.6. The summed E-state index contributed by atoms with van der Waals surface area (Å²) in [6.45, 7) is 5.16. The summed E-state index contributed by atoms with van der Waals surface area (Å²) in [4.78, 5) is 20.5. The summed E-state index contributed by atoms with van der Waals surface area (Å²) in [5, 5.41) is 3.64. The molecular formula is C19H37N5O. The van der Waals surface area contributed by atoms with Gasteiger partial charge in [-0.3, -0.25) is 9.79 Å². The highest BCUT2D eigenvalue weighted by molar-refractivity contribution is 5.80. The normalized spacial score (nSPS) is 31.2. The number of primary amides is 1. The third-order valence-corrected chi connectivity index (χ3v) is 6.11. The molecular weight excluding hydrogens is 314 g/mol. The molecule has 1 amide bonds. The number of carbonyl (C=O) groups excluding carboxylic acids is 1. The van der Waals surface area contributed by atoms with Crippen LogP contribution in [0.25, 0.3) is 0 Å².